The molecule has 1 fully saturated rings. The highest BCUT2D eigenvalue weighted by molar-refractivity contribution is 5.37. The van der Waals surface area contributed by atoms with Gasteiger partial charge in [-0.2, -0.15) is 5.26 Å². The zero-order valence-corrected chi connectivity index (χ0v) is 10.9. The van der Waals surface area contributed by atoms with Crippen LogP contribution in [0.15, 0.2) is 18.2 Å². The maximum absolute atomic E-state index is 13.2. The summed E-state index contributed by atoms with van der Waals surface area (Å²) >= 11 is 0. The van der Waals surface area contributed by atoms with Crippen LogP contribution in [-0.4, -0.2) is 18.3 Å². The maximum Gasteiger partial charge on any atom is 0.123 e. The molecule has 2 unspecified atom stereocenters. The van der Waals surface area contributed by atoms with Crippen molar-refractivity contribution in [3.05, 3.63) is 35.1 Å². The Morgan fingerprint density at radius 3 is 2.89 bits per heavy atom. The van der Waals surface area contributed by atoms with E-state index in [2.05, 4.69) is 11.4 Å². The zero-order valence-electron chi connectivity index (χ0n) is 10.9. The third-order valence-electron chi connectivity index (χ3n) is 3.96. The minimum Gasteiger partial charge on any atom is -0.396 e. The fourth-order valence-electron chi connectivity index (χ4n) is 2.83. The predicted molar refractivity (Wildman–Crippen MR) is 70.7 cm³/mol. The van der Waals surface area contributed by atoms with Gasteiger partial charge in [-0.3, -0.25) is 0 Å². The van der Waals surface area contributed by atoms with Crippen molar-refractivity contribution in [3.8, 4) is 6.07 Å². The third-order valence-corrected chi connectivity index (χ3v) is 3.96. The molecule has 0 aromatic heterocycles. The second-order valence-corrected chi connectivity index (χ2v) is 5.18. The van der Waals surface area contributed by atoms with Gasteiger partial charge in [-0.05, 0) is 55.0 Å². The monoisotopic (exact) mass is 262 g/mol. The Hall–Kier alpha value is -1.44. The Labute approximate surface area is 113 Å². The topological polar surface area (TPSA) is 56.0 Å². The van der Waals surface area contributed by atoms with E-state index in [9.17, 15) is 9.50 Å². The van der Waals surface area contributed by atoms with Gasteiger partial charge in [-0.15, -0.1) is 0 Å². The summed E-state index contributed by atoms with van der Waals surface area (Å²) < 4.78 is 13.2. The fraction of sp³-hybridized carbons (Fsp3) is 0.533. The van der Waals surface area contributed by atoms with E-state index in [1.54, 1.807) is 0 Å². The van der Waals surface area contributed by atoms with E-state index in [1.807, 2.05) is 0 Å². The minimum atomic E-state index is -0.315. The van der Waals surface area contributed by atoms with Crippen LogP contribution in [0.1, 0.15) is 30.4 Å². The molecule has 4 heteroatoms. The van der Waals surface area contributed by atoms with Crippen LogP contribution in [-0.2, 0) is 6.54 Å². The van der Waals surface area contributed by atoms with Gasteiger partial charge in [0.2, 0.25) is 0 Å². The molecule has 1 saturated carbocycles. The Balaban J connectivity index is 1.89. The number of aliphatic hydroxyl groups excluding tert-OH is 1. The number of nitrogens with zero attached hydrogens (tertiary/aromatic N) is 1. The number of hydrogen-bond acceptors (Lipinski definition) is 3. The molecular formula is C15H19FN2O. The van der Waals surface area contributed by atoms with E-state index >= 15 is 0 Å². The van der Waals surface area contributed by atoms with Crippen molar-refractivity contribution in [3.63, 3.8) is 0 Å². The molecule has 1 aliphatic carbocycles. The van der Waals surface area contributed by atoms with E-state index in [0.717, 1.165) is 19.4 Å². The minimum absolute atomic E-state index is 0.246. The van der Waals surface area contributed by atoms with Gasteiger partial charge in [0, 0.05) is 13.2 Å². The van der Waals surface area contributed by atoms with Gasteiger partial charge in [0.15, 0.2) is 0 Å². The molecule has 1 aromatic carbocycles. The summed E-state index contributed by atoms with van der Waals surface area (Å²) in [6.07, 6.45) is 3.39. The molecule has 2 atom stereocenters. The predicted octanol–water partition coefficient (Wildman–Crippen LogP) is 2.20. The first-order chi connectivity index (χ1) is 9.24. The summed E-state index contributed by atoms with van der Waals surface area (Å²) in [6.45, 7) is 1.55. The summed E-state index contributed by atoms with van der Waals surface area (Å²) in [4.78, 5) is 0. The van der Waals surface area contributed by atoms with Crippen molar-refractivity contribution in [1.29, 1.82) is 5.26 Å². The summed E-state index contributed by atoms with van der Waals surface area (Å²) in [6, 6.07) is 6.30. The summed E-state index contributed by atoms with van der Waals surface area (Å²) in [5.74, 6) is 0.560. The number of rotatable bonds is 5. The normalized spacial score (nSPS) is 22.4. The van der Waals surface area contributed by atoms with Crippen molar-refractivity contribution >= 4 is 0 Å². The molecule has 0 bridgehead atoms. The molecule has 3 nitrogen and oxygen atoms in total. The van der Waals surface area contributed by atoms with E-state index in [0.29, 0.717) is 29.5 Å². The highest BCUT2D eigenvalue weighted by atomic mass is 19.1. The lowest BCUT2D eigenvalue weighted by atomic mass is 9.97. The second-order valence-electron chi connectivity index (χ2n) is 5.18. The summed E-state index contributed by atoms with van der Waals surface area (Å²) in [5.41, 5.74) is 1.21. The molecular weight excluding hydrogens is 243 g/mol. The summed E-state index contributed by atoms with van der Waals surface area (Å²) in [5, 5.41) is 21.5. The smallest absolute Gasteiger partial charge is 0.123 e. The molecule has 0 amide bonds. The van der Waals surface area contributed by atoms with Crippen molar-refractivity contribution < 1.29 is 9.50 Å². The Kier molecular flexibility index (Phi) is 4.89. The SMILES string of the molecule is N#Cc1ccc(F)cc1CNCC1CCCC1CO. The first-order valence-electron chi connectivity index (χ1n) is 6.74. The molecule has 1 aromatic rings. The number of nitrogens with one attached hydrogen (secondary N) is 1. The van der Waals surface area contributed by atoms with Crippen LogP contribution in [0.25, 0.3) is 0 Å². The van der Waals surface area contributed by atoms with Crippen LogP contribution in [0.5, 0.6) is 0 Å². The largest absolute Gasteiger partial charge is 0.396 e. The molecule has 0 heterocycles. The first-order valence-corrected chi connectivity index (χ1v) is 6.74. The van der Waals surface area contributed by atoms with Gasteiger partial charge in [0.25, 0.3) is 0 Å². The number of halogens is 1. The van der Waals surface area contributed by atoms with Crippen molar-refractivity contribution in [2.75, 3.05) is 13.2 Å². The molecule has 0 saturated heterocycles. The van der Waals surface area contributed by atoms with Gasteiger partial charge >= 0.3 is 0 Å². The quantitative estimate of drug-likeness (QED) is 0.855. The van der Waals surface area contributed by atoms with Gasteiger partial charge in [-0.25, -0.2) is 4.39 Å². The van der Waals surface area contributed by atoms with Gasteiger partial charge in [-0.1, -0.05) is 6.42 Å². The van der Waals surface area contributed by atoms with E-state index in [-0.39, 0.29) is 12.4 Å². The highest BCUT2D eigenvalue weighted by Crippen LogP contribution is 2.30. The molecule has 19 heavy (non-hydrogen) atoms. The van der Waals surface area contributed by atoms with Crippen LogP contribution >= 0.6 is 0 Å². The van der Waals surface area contributed by atoms with Crippen LogP contribution in [0, 0.1) is 29.0 Å². The highest BCUT2D eigenvalue weighted by Gasteiger charge is 2.25. The number of nitriles is 1. The third kappa shape index (κ3) is 3.52. The lowest BCUT2D eigenvalue weighted by Gasteiger charge is -2.18. The first kappa shape index (κ1) is 14.0. The lowest BCUT2D eigenvalue weighted by Crippen LogP contribution is -2.26. The van der Waals surface area contributed by atoms with Crippen molar-refractivity contribution in [1.82, 2.24) is 5.32 Å². The van der Waals surface area contributed by atoms with Crippen LogP contribution in [0.2, 0.25) is 0 Å². The number of benzene rings is 1. The molecule has 2 N–H and O–H groups in total. The zero-order chi connectivity index (χ0) is 13.7. The van der Waals surface area contributed by atoms with Crippen molar-refractivity contribution in [2.45, 2.75) is 25.8 Å². The number of hydrogen-bond donors (Lipinski definition) is 2. The lowest BCUT2D eigenvalue weighted by molar-refractivity contribution is 0.192. The molecule has 2 rings (SSSR count). The molecule has 102 valence electrons. The van der Waals surface area contributed by atoms with Gasteiger partial charge in [0.1, 0.15) is 5.82 Å². The Morgan fingerprint density at radius 2 is 2.16 bits per heavy atom. The van der Waals surface area contributed by atoms with Crippen LogP contribution in [0.4, 0.5) is 4.39 Å². The molecule has 0 aliphatic heterocycles. The molecule has 1 aliphatic rings. The maximum atomic E-state index is 13.2. The van der Waals surface area contributed by atoms with Crippen LogP contribution < -0.4 is 5.32 Å². The van der Waals surface area contributed by atoms with Crippen LogP contribution in [0.3, 0.4) is 0 Å². The van der Waals surface area contributed by atoms with E-state index < -0.39 is 0 Å². The molecule has 0 radical (unpaired) electrons. The molecule has 0 spiro atoms. The van der Waals surface area contributed by atoms with E-state index in [1.165, 1.54) is 24.6 Å². The number of aliphatic hydroxyl groups is 1. The van der Waals surface area contributed by atoms with Gasteiger partial charge < -0.3 is 10.4 Å². The van der Waals surface area contributed by atoms with Gasteiger partial charge in [0.05, 0.1) is 11.6 Å². The Morgan fingerprint density at radius 1 is 1.37 bits per heavy atom. The summed E-state index contributed by atoms with van der Waals surface area (Å²) in [7, 11) is 0. The average Bonchev–Trinajstić information content (AvgIpc) is 2.86. The Bertz CT molecular complexity index is 470. The standard InChI is InChI=1S/C15H19FN2O/c16-15-5-4-11(7-17)14(6-15)9-18-8-12-2-1-3-13(12)10-19/h4-6,12-13,18-19H,1-3,8-10H2. The average molecular weight is 262 g/mol. The fourth-order valence-corrected chi connectivity index (χ4v) is 2.83. The van der Waals surface area contributed by atoms with Crippen molar-refractivity contribution in [2.24, 2.45) is 11.8 Å². The van der Waals surface area contributed by atoms with E-state index in [4.69, 9.17) is 5.26 Å². The second kappa shape index (κ2) is 6.65.